The van der Waals surface area contributed by atoms with Gasteiger partial charge in [0.15, 0.2) is 0 Å². The fourth-order valence-electron chi connectivity index (χ4n) is 2.85. The molecule has 0 spiro atoms. The van der Waals surface area contributed by atoms with Crippen LogP contribution in [0.4, 0.5) is 5.82 Å². The molecule has 0 radical (unpaired) electrons. The highest BCUT2D eigenvalue weighted by atomic mass is 32.2. The highest BCUT2D eigenvalue weighted by Gasteiger charge is 2.20. The third-order valence-corrected chi connectivity index (χ3v) is 5.37. The Balaban J connectivity index is 2.08. The van der Waals surface area contributed by atoms with Gasteiger partial charge >= 0.3 is 0 Å². The Morgan fingerprint density at radius 2 is 1.75 bits per heavy atom. The van der Waals surface area contributed by atoms with Crippen LogP contribution in [-0.2, 0) is 5.75 Å². The van der Waals surface area contributed by atoms with E-state index in [-0.39, 0.29) is 11.4 Å². The number of aromatic nitrogens is 2. The number of hydrogen-bond donors (Lipinski definition) is 1. The molecular formula is C22H19N5S. The van der Waals surface area contributed by atoms with Gasteiger partial charge in [0.25, 0.3) is 0 Å². The maximum absolute atomic E-state index is 9.84. The zero-order chi connectivity index (χ0) is 20.1. The molecule has 3 aromatic rings. The Hall–Kier alpha value is -3.35. The molecule has 6 heteroatoms. The van der Waals surface area contributed by atoms with Crippen LogP contribution in [0.25, 0.3) is 11.1 Å². The van der Waals surface area contributed by atoms with E-state index in [9.17, 15) is 10.5 Å². The van der Waals surface area contributed by atoms with E-state index < -0.39 is 0 Å². The quantitative estimate of drug-likeness (QED) is 0.628. The summed E-state index contributed by atoms with van der Waals surface area (Å²) in [4.78, 5) is 8.63. The van der Waals surface area contributed by atoms with Crippen LogP contribution in [-0.4, -0.2) is 9.97 Å². The highest BCUT2D eigenvalue weighted by molar-refractivity contribution is 7.98. The zero-order valence-corrected chi connectivity index (χ0v) is 16.5. The fraction of sp³-hybridized carbons (Fsp3) is 0.182. The largest absolute Gasteiger partial charge is 0.383 e. The number of benzene rings is 1. The minimum absolute atomic E-state index is 0.132. The Morgan fingerprint density at radius 1 is 1.04 bits per heavy atom. The maximum Gasteiger partial charge on any atom is 0.143 e. The van der Waals surface area contributed by atoms with E-state index in [4.69, 9.17) is 5.73 Å². The van der Waals surface area contributed by atoms with Crippen LogP contribution in [0.3, 0.4) is 0 Å². The monoisotopic (exact) mass is 385 g/mol. The number of nitriles is 2. The Morgan fingerprint density at radius 3 is 2.32 bits per heavy atom. The molecular weight excluding hydrogens is 366 g/mol. The van der Waals surface area contributed by atoms with E-state index >= 15 is 0 Å². The number of anilines is 1. The first-order valence-corrected chi connectivity index (χ1v) is 9.80. The van der Waals surface area contributed by atoms with Crippen molar-refractivity contribution in [2.24, 2.45) is 0 Å². The summed E-state index contributed by atoms with van der Waals surface area (Å²) in [6, 6.07) is 17.9. The second kappa shape index (κ2) is 8.56. The van der Waals surface area contributed by atoms with E-state index in [1.54, 1.807) is 6.20 Å². The van der Waals surface area contributed by atoms with Crippen LogP contribution < -0.4 is 5.73 Å². The third kappa shape index (κ3) is 3.98. The molecule has 0 saturated carbocycles. The van der Waals surface area contributed by atoms with Gasteiger partial charge in [0.2, 0.25) is 0 Å². The van der Waals surface area contributed by atoms with Crippen LogP contribution in [0.5, 0.6) is 0 Å². The summed E-state index contributed by atoms with van der Waals surface area (Å²) >= 11 is 1.39. The Kier molecular flexibility index (Phi) is 5.93. The molecule has 5 nitrogen and oxygen atoms in total. The number of rotatable bonds is 5. The van der Waals surface area contributed by atoms with Gasteiger partial charge in [0.05, 0.1) is 11.3 Å². The maximum atomic E-state index is 9.84. The number of nitrogens with two attached hydrogens (primary N) is 1. The van der Waals surface area contributed by atoms with Crippen molar-refractivity contribution in [3.63, 3.8) is 0 Å². The molecule has 0 amide bonds. The van der Waals surface area contributed by atoms with Gasteiger partial charge in [0, 0.05) is 17.5 Å². The molecule has 2 aromatic heterocycles. The van der Waals surface area contributed by atoms with Crippen LogP contribution in [0.15, 0.2) is 53.7 Å². The van der Waals surface area contributed by atoms with Crippen molar-refractivity contribution in [3.8, 4) is 23.3 Å². The topological polar surface area (TPSA) is 99.4 Å². The van der Waals surface area contributed by atoms with Gasteiger partial charge in [-0.2, -0.15) is 10.5 Å². The van der Waals surface area contributed by atoms with Crippen LogP contribution >= 0.6 is 11.8 Å². The lowest BCUT2D eigenvalue weighted by Gasteiger charge is -2.14. The standard InChI is InChI=1S/C22H19N5S/c1-14(2)15-6-8-16(9-7-15)20-18(11-23)21(25)27-22(19(20)12-24)28-13-17-5-3-4-10-26-17/h3-10,14H,13H2,1-2H3,(H2,25,27). The molecule has 1 aromatic carbocycles. The zero-order valence-electron chi connectivity index (χ0n) is 15.7. The predicted molar refractivity (Wildman–Crippen MR) is 111 cm³/mol. The summed E-state index contributed by atoms with van der Waals surface area (Å²) in [6.07, 6.45) is 1.73. The number of nitrogens with zero attached hydrogens (tertiary/aromatic N) is 4. The lowest BCUT2D eigenvalue weighted by atomic mass is 9.94. The summed E-state index contributed by atoms with van der Waals surface area (Å²) in [5.41, 5.74) is 10.1. The van der Waals surface area contributed by atoms with Gasteiger partial charge in [-0.1, -0.05) is 55.9 Å². The first kappa shape index (κ1) is 19.4. The van der Waals surface area contributed by atoms with Crippen molar-refractivity contribution in [2.75, 3.05) is 5.73 Å². The van der Waals surface area contributed by atoms with Gasteiger partial charge in [-0.05, 0) is 29.2 Å². The Labute approximate surface area is 168 Å². The van der Waals surface area contributed by atoms with Gasteiger partial charge in [0.1, 0.15) is 28.5 Å². The molecule has 0 aliphatic rings. The molecule has 2 heterocycles. The van der Waals surface area contributed by atoms with E-state index in [1.807, 2.05) is 42.5 Å². The molecule has 138 valence electrons. The van der Waals surface area contributed by atoms with Crippen molar-refractivity contribution in [1.82, 2.24) is 9.97 Å². The molecule has 3 rings (SSSR count). The molecule has 0 bridgehead atoms. The van der Waals surface area contributed by atoms with Crippen molar-refractivity contribution < 1.29 is 0 Å². The van der Waals surface area contributed by atoms with Crippen LogP contribution in [0.2, 0.25) is 0 Å². The third-order valence-electron chi connectivity index (χ3n) is 4.36. The first-order valence-electron chi connectivity index (χ1n) is 8.81. The summed E-state index contributed by atoms with van der Waals surface area (Å²) < 4.78 is 0. The molecule has 28 heavy (non-hydrogen) atoms. The van der Waals surface area contributed by atoms with Crippen molar-refractivity contribution >= 4 is 17.6 Å². The van der Waals surface area contributed by atoms with Crippen molar-refractivity contribution in [2.45, 2.75) is 30.5 Å². The number of nitrogen functional groups attached to an aromatic ring is 1. The molecule has 0 aliphatic heterocycles. The molecule has 0 aliphatic carbocycles. The van der Waals surface area contributed by atoms with Crippen LogP contribution in [0.1, 0.15) is 42.1 Å². The van der Waals surface area contributed by atoms with Crippen LogP contribution in [0, 0.1) is 22.7 Å². The van der Waals surface area contributed by atoms with E-state index in [1.165, 1.54) is 17.3 Å². The van der Waals surface area contributed by atoms with E-state index in [2.05, 4.69) is 36.0 Å². The lowest BCUT2D eigenvalue weighted by molar-refractivity contribution is 0.867. The normalized spacial score (nSPS) is 10.5. The molecule has 2 N–H and O–H groups in total. The Bertz CT molecular complexity index is 1060. The summed E-state index contributed by atoms with van der Waals surface area (Å²) in [5.74, 6) is 1.08. The second-order valence-electron chi connectivity index (χ2n) is 6.54. The van der Waals surface area contributed by atoms with E-state index in [0.717, 1.165) is 11.3 Å². The molecule has 0 unspecified atom stereocenters. The van der Waals surface area contributed by atoms with Gasteiger partial charge in [-0.3, -0.25) is 4.98 Å². The summed E-state index contributed by atoms with van der Waals surface area (Å²) in [6.45, 7) is 4.24. The number of pyridine rings is 2. The molecule has 0 fully saturated rings. The smallest absolute Gasteiger partial charge is 0.143 e. The average Bonchev–Trinajstić information content (AvgIpc) is 2.72. The molecule has 0 saturated heterocycles. The second-order valence-corrected chi connectivity index (χ2v) is 7.50. The average molecular weight is 385 g/mol. The summed E-state index contributed by atoms with van der Waals surface area (Å²) in [5, 5.41) is 20.0. The number of thioether (sulfide) groups is 1. The van der Waals surface area contributed by atoms with Gasteiger partial charge in [-0.25, -0.2) is 4.98 Å². The minimum atomic E-state index is 0.132. The number of hydrogen-bond acceptors (Lipinski definition) is 6. The molecule has 0 atom stereocenters. The SMILES string of the molecule is CC(C)c1ccc(-c2c(C#N)c(N)nc(SCc3ccccn3)c2C#N)cc1. The van der Waals surface area contributed by atoms with E-state index in [0.29, 0.717) is 27.8 Å². The lowest BCUT2D eigenvalue weighted by Crippen LogP contribution is -2.03. The minimum Gasteiger partial charge on any atom is -0.383 e. The fourth-order valence-corrected chi connectivity index (χ4v) is 3.76. The predicted octanol–water partition coefficient (Wildman–Crippen LogP) is 4.88. The summed E-state index contributed by atoms with van der Waals surface area (Å²) in [7, 11) is 0. The van der Waals surface area contributed by atoms with Gasteiger partial charge < -0.3 is 5.73 Å². The van der Waals surface area contributed by atoms with Gasteiger partial charge in [-0.15, -0.1) is 0 Å². The van der Waals surface area contributed by atoms with Crippen molar-refractivity contribution in [1.29, 1.82) is 10.5 Å². The highest BCUT2D eigenvalue weighted by Crippen LogP contribution is 2.36. The first-order chi connectivity index (χ1) is 13.5. The van der Waals surface area contributed by atoms with Crippen molar-refractivity contribution in [3.05, 3.63) is 71.0 Å².